The Bertz CT molecular complexity index is 1690. The molecule has 0 N–H and O–H groups in total. The lowest BCUT2D eigenvalue weighted by molar-refractivity contribution is -0.0564. The van der Waals surface area contributed by atoms with Gasteiger partial charge in [-0.05, 0) is 38.1 Å². The Kier molecular flexibility index (Phi) is 8.24. The Labute approximate surface area is 246 Å². The number of hydrogen-bond acceptors (Lipinski definition) is 9. The molecule has 0 amide bonds. The van der Waals surface area contributed by atoms with Crippen molar-refractivity contribution in [3.8, 4) is 12.3 Å². The highest BCUT2D eigenvalue weighted by Crippen LogP contribution is 2.40. The van der Waals surface area contributed by atoms with Crippen LogP contribution in [0.4, 0.5) is 0 Å². The molecule has 2 aromatic heterocycles. The van der Waals surface area contributed by atoms with Crippen LogP contribution in [-0.2, 0) is 18.9 Å². The van der Waals surface area contributed by atoms with E-state index < -0.39 is 42.3 Å². The van der Waals surface area contributed by atoms with Gasteiger partial charge < -0.3 is 23.5 Å². The number of ether oxygens (including phenoxy) is 4. The van der Waals surface area contributed by atoms with E-state index in [0.717, 1.165) is 11.1 Å². The van der Waals surface area contributed by atoms with Gasteiger partial charge in [-0.2, -0.15) is 0 Å². The average molecular weight is 588 g/mol. The minimum absolute atomic E-state index is 0.0281. The van der Waals surface area contributed by atoms with Crippen molar-refractivity contribution in [3.63, 3.8) is 0 Å². The maximum Gasteiger partial charge on any atom is 0.340 e. The number of carbonyl (C=O) groups excluding carboxylic acids is 3. The quantitative estimate of drug-likeness (QED) is 0.131. The first kappa shape index (κ1) is 28.8. The summed E-state index contributed by atoms with van der Waals surface area (Å²) < 4.78 is 24.2. The molecule has 1 aliphatic rings. The SMILES string of the molecule is C#C[C@H]1[C@H](OC(=O)c2ccc(C)cc2)[C@@H](COC(=O)c2ccc(C)cc2)O[C@H]1n1cc(C(=O)OC)c2c(Cl)ncnc21. The predicted molar refractivity (Wildman–Crippen MR) is 152 cm³/mol. The van der Waals surface area contributed by atoms with Crippen LogP contribution < -0.4 is 0 Å². The predicted octanol–water partition coefficient (Wildman–Crippen LogP) is 4.72. The Morgan fingerprint density at radius 1 is 0.976 bits per heavy atom. The minimum atomic E-state index is -1.03. The van der Waals surface area contributed by atoms with E-state index >= 15 is 0 Å². The van der Waals surface area contributed by atoms with Crippen molar-refractivity contribution in [2.45, 2.75) is 32.3 Å². The summed E-state index contributed by atoms with van der Waals surface area (Å²) in [5.41, 5.74) is 2.97. The zero-order valence-corrected chi connectivity index (χ0v) is 23.7. The molecule has 0 aliphatic carbocycles. The fourth-order valence-electron chi connectivity index (χ4n) is 4.75. The summed E-state index contributed by atoms with van der Waals surface area (Å²) >= 11 is 6.33. The summed E-state index contributed by atoms with van der Waals surface area (Å²) in [5, 5.41) is 0.271. The highest BCUT2D eigenvalue weighted by atomic mass is 35.5. The van der Waals surface area contributed by atoms with Gasteiger partial charge in [0.25, 0.3) is 0 Å². The van der Waals surface area contributed by atoms with Gasteiger partial charge in [0.15, 0.2) is 6.23 Å². The molecule has 1 aliphatic heterocycles. The van der Waals surface area contributed by atoms with Crippen LogP contribution in [0.5, 0.6) is 0 Å². The summed E-state index contributed by atoms with van der Waals surface area (Å²) in [4.78, 5) is 46.9. The number of aryl methyl sites for hydroxylation is 2. The summed E-state index contributed by atoms with van der Waals surface area (Å²) in [5.74, 6) is -0.0966. The van der Waals surface area contributed by atoms with Gasteiger partial charge in [-0.1, -0.05) is 52.9 Å². The molecule has 11 heteroatoms. The van der Waals surface area contributed by atoms with Crippen LogP contribution >= 0.6 is 11.6 Å². The molecule has 4 atom stereocenters. The largest absolute Gasteiger partial charge is 0.465 e. The molecular formula is C31H26ClN3O7. The second kappa shape index (κ2) is 12.0. The molecule has 0 bridgehead atoms. The fourth-order valence-corrected chi connectivity index (χ4v) is 4.98. The lowest BCUT2D eigenvalue weighted by Gasteiger charge is -2.21. The van der Waals surface area contributed by atoms with Crippen LogP contribution in [0, 0.1) is 32.1 Å². The van der Waals surface area contributed by atoms with Gasteiger partial charge in [0, 0.05) is 6.20 Å². The molecule has 5 rings (SSSR count). The monoisotopic (exact) mass is 587 g/mol. The first-order valence-corrected chi connectivity index (χ1v) is 13.3. The number of nitrogens with zero attached hydrogens (tertiary/aromatic N) is 3. The molecule has 3 heterocycles. The Balaban J connectivity index is 1.50. The van der Waals surface area contributed by atoms with Gasteiger partial charge in [0.2, 0.25) is 0 Å². The van der Waals surface area contributed by atoms with Gasteiger partial charge in [0.05, 0.1) is 29.2 Å². The van der Waals surface area contributed by atoms with Crippen molar-refractivity contribution in [1.29, 1.82) is 0 Å². The molecular weight excluding hydrogens is 562 g/mol. The zero-order valence-electron chi connectivity index (χ0n) is 22.9. The molecule has 2 aromatic carbocycles. The maximum atomic E-state index is 13.2. The lowest BCUT2D eigenvalue weighted by atomic mass is 10.00. The molecule has 42 heavy (non-hydrogen) atoms. The van der Waals surface area contributed by atoms with Crippen LogP contribution in [0.25, 0.3) is 11.0 Å². The van der Waals surface area contributed by atoms with E-state index in [1.54, 1.807) is 48.5 Å². The third kappa shape index (κ3) is 5.57. The van der Waals surface area contributed by atoms with Gasteiger partial charge in [-0.3, -0.25) is 0 Å². The van der Waals surface area contributed by atoms with Crippen molar-refractivity contribution >= 4 is 40.5 Å². The molecule has 214 valence electrons. The minimum Gasteiger partial charge on any atom is -0.465 e. The van der Waals surface area contributed by atoms with Crippen LogP contribution in [-0.4, -0.2) is 58.4 Å². The van der Waals surface area contributed by atoms with E-state index in [0.29, 0.717) is 11.1 Å². The number of esters is 3. The molecule has 0 radical (unpaired) electrons. The number of benzene rings is 2. The van der Waals surface area contributed by atoms with Crippen LogP contribution in [0.2, 0.25) is 5.15 Å². The van der Waals surface area contributed by atoms with E-state index in [4.69, 9.17) is 37.0 Å². The lowest BCUT2D eigenvalue weighted by Crippen LogP contribution is -2.35. The molecule has 10 nitrogen and oxygen atoms in total. The van der Waals surface area contributed by atoms with Crippen LogP contribution in [0.15, 0.2) is 61.1 Å². The zero-order chi connectivity index (χ0) is 30.0. The summed E-state index contributed by atoms with van der Waals surface area (Å²) in [6, 6.07) is 13.7. The van der Waals surface area contributed by atoms with Crippen molar-refractivity contribution in [3.05, 3.63) is 94.0 Å². The van der Waals surface area contributed by atoms with E-state index in [9.17, 15) is 14.4 Å². The molecule has 4 aromatic rings. The number of halogens is 1. The normalized spacial score (nSPS) is 19.7. The molecule has 0 spiro atoms. The van der Waals surface area contributed by atoms with Gasteiger partial charge in [-0.15, -0.1) is 6.42 Å². The van der Waals surface area contributed by atoms with Crippen LogP contribution in [0.3, 0.4) is 0 Å². The maximum absolute atomic E-state index is 13.2. The van der Waals surface area contributed by atoms with Gasteiger partial charge in [-0.25, -0.2) is 24.4 Å². The molecule has 0 unspecified atom stereocenters. The van der Waals surface area contributed by atoms with E-state index in [1.807, 2.05) is 13.8 Å². The average Bonchev–Trinajstić information content (AvgIpc) is 3.55. The second-order valence-corrected chi connectivity index (χ2v) is 10.1. The Morgan fingerprint density at radius 3 is 2.19 bits per heavy atom. The first-order valence-electron chi connectivity index (χ1n) is 12.9. The number of terminal acetylenes is 1. The number of rotatable bonds is 7. The third-order valence-corrected chi connectivity index (χ3v) is 7.26. The van der Waals surface area contributed by atoms with E-state index in [1.165, 1.54) is 24.2 Å². The summed E-state index contributed by atoms with van der Waals surface area (Å²) in [6.45, 7) is 3.53. The van der Waals surface area contributed by atoms with E-state index in [2.05, 4.69) is 15.9 Å². The molecule has 1 saturated heterocycles. The van der Waals surface area contributed by atoms with Gasteiger partial charge in [0.1, 0.15) is 41.9 Å². The number of fused-ring (bicyclic) bond motifs is 1. The smallest absolute Gasteiger partial charge is 0.340 e. The second-order valence-electron chi connectivity index (χ2n) is 9.76. The topological polar surface area (TPSA) is 119 Å². The summed E-state index contributed by atoms with van der Waals surface area (Å²) in [6.07, 6.45) is 5.69. The molecule has 0 saturated carbocycles. The van der Waals surface area contributed by atoms with Crippen molar-refractivity contribution in [1.82, 2.24) is 14.5 Å². The van der Waals surface area contributed by atoms with Crippen LogP contribution in [0.1, 0.15) is 48.4 Å². The standard InChI is InChI=1S/C31H26ClN3O7/c1-5-21-25(42-30(37)20-12-8-18(3)9-13-20)23(15-40-29(36)19-10-6-17(2)7-11-19)41-28(21)35-14-22(31(38)39-4)24-26(32)33-16-34-27(24)35/h1,6-14,16,21,23,25,28H,15H2,2-4H3/t21-,23+,25-,28+/m0/s1. The Morgan fingerprint density at radius 2 is 1.60 bits per heavy atom. The number of carbonyl (C=O) groups is 3. The van der Waals surface area contributed by atoms with E-state index in [-0.39, 0.29) is 28.4 Å². The van der Waals surface area contributed by atoms with Crippen molar-refractivity contribution < 1.29 is 33.3 Å². The number of methoxy groups -OCH3 is 1. The third-order valence-electron chi connectivity index (χ3n) is 6.97. The Hall–Kier alpha value is -4.72. The number of hydrogen-bond donors (Lipinski definition) is 0. The molecule has 1 fully saturated rings. The fraction of sp³-hybridized carbons (Fsp3) is 0.258. The highest BCUT2D eigenvalue weighted by Gasteiger charge is 2.48. The highest BCUT2D eigenvalue weighted by molar-refractivity contribution is 6.35. The first-order chi connectivity index (χ1) is 20.2. The van der Waals surface area contributed by atoms with Gasteiger partial charge >= 0.3 is 17.9 Å². The number of aromatic nitrogens is 3. The van der Waals surface area contributed by atoms with Crippen molar-refractivity contribution in [2.75, 3.05) is 13.7 Å². The summed E-state index contributed by atoms with van der Waals surface area (Å²) in [7, 11) is 1.23. The van der Waals surface area contributed by atoms with Crippen molar-refractivity contribution in [2.24, 2.45) is 5.92 Å².